The molecule has 1 N–H and O–H groups in total. The highest BCUT2D eigenvalue weighted by Gasteiger charge is 2.18. The third kappa shape index (κ3) is 11.4. The van der Waals surface area contributed by atoms with Gasteiger partial charge in [-0.15, -0.1) is 0 Å². The van der Waals surface area contributed by atoms with Crippen LogP contribution in [0.4, 0.5) is 0 Å². The Labute approximate surface area is 257 Å². The first-order valence-electron chi connectivity index (χ1n) is 13.8. The summed E-state index contributed by atoms with van der Waals surface area (Å²) in [6.45, 7) is 2.66. The first kappa shape index (κ1) is 33.6. The Balaban J connectivity index is 0.000000220. The first-order chi connectivity index (χ1) is 19.4. The summed E-state index contributed by atoms with van der Waals surface area (Å²) in [6.07, 6.45) is 8.44. The molecule has 0 aromatic heterocycles. The number of aliphatic hydroxyl groups is 1. The molecule has 2 aliphatic rings. The largest absolute Gasteiger partial charge is 0.396 e. The normalized spacial score (nSPS) is 20.7. The molecule has 0 amide bonds. The van der Waals surface area contributed by atoms with E-state index in [0.29, 0.717) is 39.7 Å². The zero-order valence-electron chi connectivity index (χ0n) is 22.5. The topological polar surface area (TPSA) is 74.2 Å². The standard InChI is InChI=1S/C15H20Cl2O3.C15H18Cl2O3/c2*16-13-5-4-11(9-14(13)17)12(10-18)6-8-20-15-3-1-2-7-19-15/h4-5,9,12,15,18H,1-3,6-8,10H2;4-5,9-10,12,15H,1-3,6-8H2. The maximum absolute atomic E-state index is 11.2. The van der Waals surface area contributed by atoms with Crippen molar-refractivity contribution in [3.05, 3.63) is 67.6 Å². The fourth-order valence-electron chi connectivity index (χ4n) is 4.54. The molecule has 2 aromatic carbocycles. The second-order valence-electron chi connectivity index (χ2n) is 9.88. The molecular weight excluding hydrogens is 598 g/mol. The molecule has 0 bridgehead atoms. The number of rotatable bonds is 12. The van der Waals surface area contributed by atoms with Gasteiger partial charge in [0.1, 0.15) is 6.29 Å². The Morgan fingerprint density at radius 1 is 0.775 bits per heavy atom. The van der Waals surface area contributed by atoms with Crippen molar-refractivity contribution in [2.75, 3.05) is 33.0 Å². The number of hydrogen-bond donors (Lipinski definition) is 1. The number of benzene rings is 2. The average Bonchev–Trinajstić information content (AvgIpc) is 2.98. The van der Waals surface area contributed by atoms with Crippen molar-refractivity contribution >= 4 is 52.7 Å². The van der Waals surface area contributed by atoms with E-state index >= 15 is 0 Å². The molecule has 0 saturated carbocycles. The molecule has 4 atom stereocenters. The fraction of sp³-hybridized carbons (Fsp3) is 0.567. The van der Waals surface area contributed by atoms with Crippen LogP contribution in [0.25, 0.3) is 0 Å². The lowest BCUT2D eigenvalue weighted by atomic mass is 9.97. The van der Waals surface area contributed by atoms with Crippen LogP contribution in [0, 0.1) is 0 Å². The van der Waals surface area contributed by atoms with E-state index in [4.69, 9.17) is 65.4 Å². The van der Waals surface area contributed by atoms with Crippen LogP contribution < -0.4 is 0 Å². The van der Waals surface area contributed by atoms with Crippen LogP contribution in [0.5, 0.6) is 0 Å². The summed E-state index contributed by atoms with van der Waals surface area (Å²) in [4.78, 5) is 11.2. The maximum Gasteiger partial charge on any atom is 0.157 e. The molecule has 10 heteroatoms. The van der Waals surface area contributed by atoms with E-state index in [1.54, 1.807) is 18.2 Å². The Bertz CT molecular complexity index is 1030. The summed E-state index contributed by atoms with van der Waals surface area (Å²) >= 11 is 23.7. The molecule has 4 rings (SSSR count). The molecule has 222 valence electrons. The molecule has 2 fully saturated rings. The number of aliphatic hydroxyl groups excluding tert-OH is 1. The SMILES string of the molecule is O=CC(CCOC1CCCCO1)c1ccc(Cl)c(Cl)c1.OCC(CCOC1CCCCO1)c1ccc(Cl)c(Cl)c1. The van der Waals surface area contributed by atoms with Gasteiger partial charge < -0.3 is 28.8 Å². The monoisotopic (exact) mass is 634 g/mol. The Kier molecular flexibility index (Phi) is 15.6. The van der Waals surface area contributed by atoms with Crippen LogP contribution in [0.15, 0.2) is 36.4 Å². The minimum Gasteiger partial charge on any atom is -0.396 e. The molecule has 0 aliphatic carbocycles. The van der Waals surface area contributed by atoms with Crippen LogP contribution >= 0.6 is 46.4 Å². The van der Waals surface area contributed by atoms with Gasteiger partial charge in [0.05, 0.1) is 39.9 Å². The van der Waals surface area contributed by atoms with Gasteiger partial charge >= 0.3 is 0 Å². The van der Waals surface area contributed by atoms with E-state index in [1.807, 2.05) is 18.2 Å². The summed E-state index contributed by atoms with van der Waals surface area (Å²) in [5, 5.41) is 11.5. The molecule has 4 unspecified atom stereocenters. The number of halogens is 4. The summed E-state index contributed by atoms with van der Waals surface area (Å²) in [6, 6.07) is 10.7. The van der Waals surface area contributed by atoms with E-state index in [2.05, 4.69) is 0 Å². The van der Waals surface area contributed by atoms with E-state index in [1.165, 1.54) is 0 Å². The fourth-order valence-corrected chi connectivity index (χ4v) is 5.15. The average molecular weight is 636 g/mol. The van der Waals surface area contributed by atoms with Crippen molar-refractivity contribution < 1.29 is 28.8 Å². The molecule has 2 aliphatic heterocycles. The minimum atomic E-state index is -0.228. The molecule has 2 saturated heterocycles. The summed E-state index contributed by atoms with van der Waals surface area (Å²) in [7, 11) is 0. The van der Waals surface area contributed by atoms with Gasteiger partial charge in [-0.05, 0) is 86.8 Å². The first-order valence-corrected chi connectivity index (χ1v) is 15.3. The van der Waals surface area contributed by atoms with Crippen molar-refractivity contribution in [2.24, 2.45) is 0 Å². The van der Waals surface area contributed by atoms with Crippen LogP contribution in [0.1, 0.15) is 74.3 Å². The van der Waals surface area contributed by atoms with Gasteiger partial charge in [0.2, 0.25) is 0 Å². The predicted octanol–water partition coefficient (Wildman–Crippen LogP) is 8.21. The van der Waals surface area contributed by atoms with Crippen LogP contribution in [0.3, 0.4) is 0 Å². The molecule has 0 radical (unpaired) electrons. The Hall–Kier alpha value is -0.930. The van der Waals surface area contributed by atoms with E-state index in [0.717, 1.165) is 75.6 Å². The highest BCUT2D eigenvalue weighted by atomic mass is 35.5. The lowest BCUT2D eigenvalue weighted by Crippen LogP contribution is -2.23. The summed E-state index contributed by atoms with van der Waals surface area (Å²) < 4.78 is 22.3. The highest BCUT2D eigenvalue weighted by Crippen LogP contribution is 2.29. The number of carbonyl (C=O) groups is 1. The lowest BCUT2D eigenvalue weighted by molar-refractivity contribution is -0.163. The van der Waals surface area contributed by atoms with E-state index < -0.39 is 0 Å². The second-order valence-corrected chi connectivity index (χ2v) is 11.5. The van der Waals surface area contributed by atoms with Gasteiger partial charge in [0.15, 0.2) is 12.6 Å². The van der Waals surface area contributed by atoms with E-state index in [-0.39, 0.29) is 31.0 Å². The molecule has 2 aromatic rings. The van der Waals surface area contributed by atoms with Gasteiger partial charge in [-0.3, -0.25) is 0 Å². The smallest absolute Gasteiger partial charge is 0.157 e. The predicted molar refractivity (Wildman–Crippen MR) is 160 cm³/mol. The van der Waals surface area contributed by atoms with Gasteiger partial charge in [0.25, 0.3) is 0 Å². The zero-order valence-corrected chi connectivity index (χ0v) is 25.6. The van der Waals surface area contributed by atoms with Gasteiger partial charge in [-0.2, -0.15) is 0 Å². The number of aldehydes is 1. The third-order valence-corrected chi connectivity index (χ3v) is 8.43. The molecule has 0 spiro atoms. The van der Waals surface area contributed by atoms with Crippen molar-refractivity contribution in [3.8, 4) is 0 Å². The zero-order chi connectivity index (χ0) is 28.7. The third-order valence-electron chi connectivity index (χ3n) is 6.95. The summed E-state index contributed by atoms with van der Waals surface area (Å²) in [5.74, 6) is -0.221. The lowest BCUT2D eigenvalue weighted by Gasteiger charge is -2.23. The molecule has 40 heavy (non-hydrogen) atoms. The number of carbonyl (C=O) groups excluding carboxylic acids is 1. The van der Waals surface area contributed by atoms with Crippen LogP contribution in [0.2, 0.25) is 20.1 Å². The second kappa shape index (κ2) is 18.6. The number of hydrogen-bond acceptors (Lipinski definition) is 6. The Morgan fingerprint density at radius 2 is 1.30 bits per heavy atom. The number of ether oxygens (including phenoxy) is 4. The maximum atomic E-state index is 11.2. The van der Waals surface area contributed by atoms with Crippen molar-refractivity contribution in [2.45, 2.75) is 75.8 Å². The molecular formula is C30H38Cl4O6. The van der Waals surface area contributed by atoms with Gasteiger partial charge in [-0.25, -0.2) is 0 Å². The molecule has 6 nitrogen and oxygen atoms in total. The molecule has 2 heterocycles. The van der Waals surface area contributed by atoms with Crippen molar-refractivity contribution in [1.82, 2.24) is 0 Å². The highest BCUT2D eigenvalue weighted by molar-refractivity contribution is 6.42. The Morgan fingerprint density at radius 3 is 1.77 bits per heavy atom. The summed E-state index contributed by atoms with van der Waals surface area (Å²) in [5.41, 5.74) is 1.85. The van der Waals surface area contributed by atoms with Crippen LogP contribution in [-0.4, -0.2) is 57.0 Å². The van der Waals surface area contributed by atoms with Gasteiger partial charge in [-0.1, -0.05) is 58.5 Å². The van der Waals surface area contributed by atoms with Gasteiger partial charge in [0, 0.05) is 25.0 Å². The minimum absolute atomic E-state index is 0.00774. The van der Waals surface area contributed by atoms with Crippen LogP contribution in [-0.2, 0) is 23.7 Å². The van der Waals surface area contributed by atoms with Crippen molar-refractivity contribution in [1.29, 1.82) is 0 Å². The quantitative estimate of drug-likeness (QED) is 0.237. The van der Waals surface area contributed by atoms with Crippen molar-refractivity contribution in [3.63, 3.8) is 0 Å². The van der Waals surface area contributed by atoms with E-state index in [9.17, 15) is 9.90 Å².